The number of hydrogen-bond donors (Lipinski definition) is 2. The molecule has 0 unspecified atom stereocenters. The Bertz CT molecular complexity index is 1760. The number of benzene rings is 4. The van der Waals surface area contributed by atoms with Crippen LogP contribution in [0.1, 0.15) is 22.5 Å². The number of nitrogen functional groups attached to an aromatic ring is 1. The monoisotopic (exact) mass is 638 g/mol. The molecule has 0 spiro atoms. The summed E-state index contributed by atoms with van der Waals surface area (Å²) >= 11 is 0. The zero-order chi connectivity index (χ0) is 29.0. The van der Waals surface area contributed by atoms with E-state index in [1.165, 1.54) is 4.31 Å². The fourth-order valence-corrected chi connectivity index (χ4v) is 6.25. The van der Waals surface area contributed by atoms with Crippen molar-refractivity contribution >= 4 is 57.4 Å². The van der Waals surface area contributed by atoms with Crippen LogP contribution in [0.5, 0.6) is 0 Å². The molecule has 0 aliphatic heterocycles. The minimum absolute atomic E-state index is 0. The smallest absolute Gasteiger partial charge is 0.264 e. The lowest BCUT2D eigenvalue weighted by atomic mass is 10.1. The van der Waals surface area contributed by atoms with E-state index in [4.69, 9.17) is 16.1 Å². The van der Waals surface area contributed by atoms with Gasteiger partial charge in [-0.05, 0) is 55.6 Å². The van der Waals surface area contributed by atoms with Gasteiger partial charge in [0.1, 0.15) is 11.7 Å². The Morgan fingerprint density at radius 3 is 2.07 bits per heavy atom. The van der Waals surface area contributed by atoms with Gasteiger partial charge in [0.25, 0.3) is 10.0 Å². The standard InChI is InChI=1S/C32H34N6O2S.2ClH/c1-36(2)19-20-38(41(39,40)28-11-7-4-8-12-28)27-17-18-30-29(22-27)35-31(37(30)23-25-9-5-3-6-10-25)21-24-13-15-26(16-14-24)32(33)34;;/h3-18,22H,19-21,23H2,1-2H3,(H3,33,34);2*1H. The number of fused-ring (bicyclic) bond motifs is 1. The van der Waals surface area contributed by atoms with E-state index in [0.717, 1.165) is 28.0 Å². The van der Waals surface area contributed by atoms with Crippen LogP contribution in [-0.4, -0.2) is 55.9 Å². The van der Waals surface area contributed by atoms with E-state index in [1.807, 2.05) is 85.7 Å². The number of aromatic nitrogens is 2. The number of nitrogens with one attached hydrogen (secondary N) is 1. The van der Waals surface area contributed by atoms with Crippen LogP contribution < -0.4 is 10.0 Å². The van der Waals surface area contributed by atoms with E-state index in [2.05, 4.69) is 16.7 Å². The third-order valence-electron chi connectivity index (χ3n) is 6.99. The van der Waals surface area contributed by atoms with Crippen LogP contribution in [0.25, 0.3) is 11.0 Å². The van der Waals surface area contributed by atoms with Gasteiger partial charge in [-0.15, -0.1) is 24.8 Å². The average Bonchev–Trinajstić information content (AvgIpc) is 3.30. The summed E-state index contributed by atoms with van der Waals surface area (Å²) in [6, 6.07) is 32.0. The van der Waals surface area contributed by atoms with E-state index in [-0.39, 0.29) is 35.5 Å². The number of anilines is 1. The molecule has 1 aromatic heterocycles. The number of imidazole rings is 1. The highest BCUT2D eigenvalue weighted by atomic mass is 35.5. The molecule has 5 rings (SSSR count). The van der Waals surface area contributed by atoms with Crippen molar-refractivity contribution in [2.75, 3.05) is 31.5 Å². The second-order valence-corrected chi connectivity index (χ2v) is 12.1. The summed E-state index contributed by atoms with van der Waals surface area (Å²) in [6.07, 6.45) is 0.571. The van der Waals surface area contributed by atoms with Gasteiger partial charge in [-0.2, -0.15) is 0 Å². The quantitative estimate of drug-likeness (QED) is 0.145. The van der Waals surface area contributed by atoms with Gasteiger partial charge in [0.15, 0.2) is 0 Å². The molecule has 43 heavy (non-hydrogen) atoms. The van der Waals surface area contributed by atoms with Crippen LogP contribution in [-0.2, 0) is 23.0 Å². The molecular weight excluding hydrogens is 603 g/mol. The van der Waals surface area contributed by atoms with Gasteiger partial charge >= 0.3 is 0 Å². The number of nitrogens with two attached hydrogens (primary N) is 1. The van der Waals surface area contributed by atoms with Crippen molar-refractivity contribution in [1.82, 2.24) is 14.5 Å². The molecule has 5 aromatic rings. The number of halogens is 2. The van der Waals surface area contributed by atoms with Gasteiger partial charge in [0.2, 0.25) is 0 Å². The second kappa shape index (κ2) is 14.5. The Balaban J connectivity index is 0.00000253. The van der Waals surface area contributed by atoms with Crippen molar-refractivity contribution in [2.24, 2.45) is 5.73 Å². The molecule has 0 radical (unpaired) electrons. The van der Waals surface area contributed by atoms with Gasteiger partial charge < -0.3 is 15.2 Å². The molecule has 0 aliphatic carbocycles. The van der Waals surface area contributed by atoms with Gasteiger partial charge in [0, 0.05) is 31.6 Å². The first-order valence-corrected chi connectivity index (χ1v) is 14.9. The first-order chi connectivity index (χ1) is 19.7. The predicted molar refractivity (Wildman–Crippen MR) is 180 cm³/mol. The number of likely N-dealkylation sites (N-methyl/N-ethyl adjacent to an activating group) is 1. The highest BCUT2D eigenvalue weighted by Gasteiger charge is 2.26. The van der Waals surface area contributed by atoms with Gasteiger partial charge in [-0.25, -0.2) is 13.4 Å². The molecule has 1 heterocycles. The van der Waals surface area contributed by atoms with Crippen LogP contribution in [0.3, 0.4) is 0 Å². The first-order valence-electron chi connectivity index (χ1n) is 13.4. The maximum Gasteiger partial charge on any atom is 0.264 e. The number of rotatable bonds is 11. The summed E-state index contributed by atoms with van der Waals surface area (Å²) in [5.41, 5.74) is 10.7. The number of hydrogen-bond acceptors (Lipinski definition) is 5. The zero-order valence-electron chi connectivity index (χ0n) is 24.1. The van der Waals surface area contributed by atoms with Crippen LogP contribution >= 0.6 is 24.8 Å². The van der Waals surface area contributed by atoms with E-state index in [9.17, 15) is 8.42 Å². The molecule has 3 N–H and O–H groups in total. The molecule has 0 fully saturated rings. The van der Waals surface area contributed by atoms with Crippen molar-refractivity contribution in [1.29, 1.82) is 5.41 Å². The Hall–Kier alpha value is -3.89. The van der Waals surface area contributed by atoms with Crippen LogP contribution in [0, 0.1) is 5.41 Å². The number of sulfonamides is 1. The number of amidine groups is 1. The predicted octanol–water partition coefficient (Wildman–Crippen LogP) is 5.56. The Kier molecular flexibility index (Phi) is 11.4. The molecule has 0 aliphatic rings. The molecule has 0 atom stereocenters. The van der Waals surface area contributed by atoms with Gasteiger partial charge in [-0.1, -0.05) is 72.8 Å². The fourth-order valence-electron chi connectivity index (χ4n) is 4.78. The maximum absolute atomic E-state index is 13.8. The van der Waals surface area contributed by atoms with Crippen molar-refractivity contribution in [3.63, 3.8) is 0 Å². The molecule has 0 amide bonds. The Morgan fingerprint density at radius 1 is 0.837 bits per heavy atom. The fraction of sp³-hybridized carbons (Fsp3) is 0.188. The second-order valence-electron chi connectivity index (χ2n) is 10.3. The van der Waals surface area contributed by atoms with Crippen molar-refractivity contribution in [3.05, 3.63) is 126 Å². The lowest BCUT2D eigenvalue weighted by molar-refractivity contribution is 0.419. The summed E-state index contributed by atoms with van der Waals surface area (Å²) < 4.78 is 31.2. The largest absolute Gasteiger partial charge is 0.384 e. The molecule has 4 aromatic carbocycles. The molecule has 226 valence electrons. The minimum atomic E-state index is -3.79. The Morgan fingerprint density at radius 2 is 1.47 bits per heavy atom. The maximum atomic E-state index is 13.8. The minimum Gasteiger partial charge on any atom is -0.384 e. The van der Waals surface area contributed by atoms with E-state index in [0.29, 0.717) is 37.3 Å². The normalized spacial score (nSPS) is 11.1. The summed E-state index contributed by atoms with van der Waals surface area (Å²) in [6.45, 7) is 1.49. The summed E-state index contributed by atoms with van der Waals surface area (Å²) in [5, 5.41) is 7.68. The van der Waals surface area contributed by atoms with E-state index < -0.39 is 10.0 Å². The molecule has 0 bridgehead atoms. The van der Waals surface area contributed by atoms with Crippen LogP contribution in [0.15, 0.2) is 108 Å². The molecule has 11 heteroatoms. The lowest BCUT2D eigenvalue weighted by Crippen LogP contribution is -2.36. The highest BCUT2D eigenvalue weighted by Crippen LogP contribution is 2.29. The third-order valence-corrected chi connectivity index (χ3v) is 8.83. The lowest BCUT2D eigenvalue weighted by Gasteiger charge is -2.26. The van der Waals surface area contributed by atoms with Crippen LogP contribution in [0.4, 0.5) is 5.69 Å². The first kappa shape index (κ1) is 33.6. The highest BCUT2D eigenvalue weighted by molar-refractivity contribution is 7.92. The van der Waals surface area contributed by atoms with Crippen LogP contribution in [0.2, 0.25) is 0 Å². The third kappa shape index (κ3) is 7.74. The zero-order valence-corrected chi connectivity index (χ0v) is 26.5. The topological polar surface area (TPSA) is 108 Å². The van der Waals surface area contributed by atoms with E-state index >= 15 is 0 Å². The molecular formula is C32H36Cl2N6O2S. The van der Waals surface area contributed by atoms with E-state index in [1.54, 1.807) is 24.3 Å². The van der Waals surface area contributed by atoms with Gasteiger partial charge in [0.05, 0.1) is 21.6 Å². The van der Waals surface area contributed by atoms with Crippen molar-refractivity contribution in [2.45, 2.75) is 17.9 Å². The van der Waals surface area contributed by atoms with Crippen molar-refractivity contribution in [3.8, 4) is 0 Å². The molecule has 0 saturated heterocycles. The SMILES string of the molecule is CN(C)CCN(c1ccc2c(c1)nc(Cc1ccc(C(=N)N)cc1)n2Cc1ccccc1)S(=O)(=O)c1ccccc1.Cl.Cl. The average molecular weight is 640 g/mol. The Labute approximate surface area is 265 Å². The number of nitrogens with zero attached hydrogens (tertiary/aromatic N) is 4. The van der Waals surface area contributed by atoms with Gasteiger partial charge in [-0.3, -0.25) is 9.71 Å². The molecule has 8 nitrogen and oxygen atoms in total. The summed E-state index contributed by atoms with van der Waals surface area (Å²) in [4.78, 5) is 7.24. The van der Waals surface area contributed by atoms with Crippen molar-refractivity contribution < 1.29 is 8.42 Å². The summed E-state index contributed by atoms with van der Waals surface area (Å²) in [7, 11) is 0.0697. The molecule has 0 saturated carbocycles. The summed E-state index contributed by atoms with van der Waals surface area (Å²) in [5.74, 6) is 0.895.